The van der Waals surface area contributed by atoms with E-state index in [0.717, 1.165) is 23.8 Å². The molecule has 0 fully saturated rings. The van der Waals surface area contributed by atoms with Crippen LogP contribution in [0, 0.1) is 0 Å². The van der Waals surface area contributed by atoms with E-state index in [9.17, 15) is 4.79 Å². The van der Waals surface area contributed by atoms with Gasteiger partial charge in [0, 0.05) is 5.56 Å². The van der Waals surface area contributed by atoms with Crippen molar-refractivity contribution in [1.29, 1.82) is 0 Å². The number of hydrogen-bond donors (Lipinski definition) is 0. The first-order valence-electron chi connectivity index (χ1n) is 5.24. The van der Waals surface area contributed by atoms with Gasteiger partial charge in [-0.25, -0.2) is 0 Å². The smallest absolute Gasteiger partial charge is 0.150 e. The zero-order valence-electron chi connectivity index (χ0n) is 9.66. The lowest BCUT2D eigenvalue weighted by Gasteiger charge is -2.08. The van der Waals surface area contributed by atoms with Crippen molar-refractivity contribution in [2.24, 2.45) is 0 Å². The topological polar surface area (TPSA) is 17.1 Å². The Morgan fingerprint density at radius 1 is 1.20 bits per heavy atom. The summed E-state index contributed by atoms with van der Waals surface area (Å²) in [5.41, 5.74) is 4.23. The second-order valence-corrected chi connectivity index (χ2v) is 9.85. The molecule has 0 amide bonds. The van der Waals surface area contributed by atoms with Crippen molar-refractivity contribution < 1.29 is 4.79 Å². The highest BCUT2D eigenvalue weighted by Gasteiger charge is 2.06. The molecule has 0 saturated carbocycles. The Morgan fingerprint density at radius 3 is 2.47 bits per heavy atom. The van der Waals surface area contributed by atoms with Crippen molar-refractivity contribution in [3.8, 4) is 0 Å². The van der Waals surface area contributed by atoms with Gasteiger partial charge >= 0.3 is 0 Å². The van der Waals surface area contributed by atoms with Gasteiger partial charge in [-0.15, -0.1) is 0 Å². The van der Waals surface area contributed by atoms with Crippen LogP contribution in [0.4, 0.5) is 0 Å². The highest BCUT2D eigenvalue weighted by Crippen LogP contribution is 2.09. The van der Waals surface area contributed by atoms with Crippen molar-refractivity contribution in [3.63, 3.8) is 0 Å². The summed E-state index contributed by atoms with van der Waals surface area (Å²) in [5.74, 6) is 0. The molecule has 0 unspecified atom stereocenters. The number of carbonyl (C=O) groups excluding carboxylic acids is 1. The van der Waals surface area contributed by atoms with E-state index in [1.165, 1.54) is 0 Å². The molecule has 2 heteroatoms. The highest BCUT2D eigenvalue weighted by molar-refractivity contribution is 6.80. The van der Waals surface area contributed by atoms with Gasteiger partial charge in [-0.1, -0.05) is 55.7 Å². The van der Waals surface area contributed by atoms with Gasteiger partial charge in [-0.3, -0.25) is 4.79 Å². The number of carbonyl (C=O) groups is 1. The summed E-state index contributed by atoms with van der Waals surface area (Å²) in [5, 5.41) is 0. The van der Waals surface area contributed by atoms with E-state index >= 15 is 0 Å². The van der Waals surface area contributed by atoms with Gasteiger partial charge in [0.15, 0.2) is 0 Å². The Balaban J connectivity index is 2.73. The van der Waals surface area contributed by atoms with Gasteiger partial charge in [0.2, 0.25) is 0 Å². The number of benzene rings is 1. The van der Waals surface area contributed by atoms with Gasteiger partial charge < -0.3 is 0 Å². The minimum absolute atomic E-state index is 0.803. The molecule has 0 heterocycles. The molecule has 1 aromatic carbocycles. The molecular formula is C13H18OSi. The van der Waals surface area contributed by atoms with E-state index in [0.29, 0.717) is 0 Å². The van der Waals surface area contributed by atoms with Crippen molar-refractivity contribution in [1.82, 2.24) is 0 Å². The molecule has 1 aromatic rings. The van der Waals surface area contributed by atoms with Crippen LogP contribution in [0.1, 0.15) is 15.9 Å². The van der Waals surface area contributed by atoms with Gasteiger partial charge in [0.1, 0.15) is 6.29 Å². The molecule has 0 aliphatic rings. The van der Waals surface area contributed by atoms with Crippen LogP contribution in [0.2, 0.25) is 19.6 Å². The predicted molar refractivity (Wildman–Crippen MR) is 68.0 cm³/mol. The van der Waals surface area contributed by atoms with Crippen LogP contribution in [0.3, 0.4) is 0 Å². The standard InChI is InChI=1S/C13H18OSi/c1-15(2,3)10-6-9-12-7-4-5-8-13(12)11-14/h4-8,10-11H,9H2,1-3H3. The van der Waals surface area contributed by atoms with Gasteiger partial charge in [-0.05, 0) is 12.0 Å². The van der Waals surface area contributed by atoms with Crippen molar-refractivity contribution >= 4 is 14.4 Å². The van der Waals surface area contributed by atoms with Gasteiger partial charge in [-0.2, -0.15) is 0 Å². The number of aldehydes is 1. The number of rotatable bonds is 4. The number of hydrogen-bond acceptors (Lipinski definition) is 1. The Hall–Kier alpha value is -1.15. The van der Waals surface area contributed by atoms with Crippen LogP contribution in [-0.2, 0) is 6.42 Å². The van der Waals surface area contributed by atoms with Crippen molar-refractivity contribution in [3.05, 3.63) is 47.2 Å². The van der Waals surface area contributed by atoms with E-state index in [2.05, 4.69) is 31.4 Å². The van der Waals surface area contributed by atoms with Gasteiger partial charge in [0.05, 0.1) is 8.07 Å². The third-order valence-corrected chi connectivity index (χ3v) is 3.37. The lowest BCUT2D eigenvalue weighted by molar-refractivity contribution is 0.112. The molecule has 0 N–H and O–H groups in total. The molecule has 0 radical (unpaired) electrons. The Bertz CT molecular complexity index is 361. The summed E-state index contributed by atoms with van der Waals surface area (Å²) in [4.78, 5) is 10.8. The fourth-order valence-electron chi connectivity index (χ4n) is 1.37. The van der Waals surface area contributed by atoms with Gasteiger partial charge in [0.25, 0.3) is 0 Å². The average molecular weight is 218 g/mol. The van der Waals surface area contributed by atoms with Crippen LogP contribution in [-0.4, -0.2) is 14.4 Å². The summed E-state index contributed by atoms with van der Waals surface area (Å²) in [7, 11) is -1.11. The predicted octanol–water partition coefficient (Wildman–Crippen LogP) is 3.48. The molecule has 15 heavy (non-hydrogen) atoms. The first kappa shape index (κ1) is 11.9. The largest absolute Gasteiger partial charge is 0.298 e. The molecule has 80 valence electrons. The summed E-state index contributed by atoms with van der Waals surface area (Å²) in [6.07, 6.45) is 3.98. The summed E-state index contributed by atoms with van der Waals surface area (Å²) in [6, 6.07) is 7.75. The fraction of sp³-hybridized carbons (Fsp3) is 0.308. The lowest BCUT2D eigenvalue weighted by atomic mass is 10.1. The second kappa shape index (κ2) is 5.08. The quantitative estimate of drug-likeness (QED) is 0.558. The molecule has 0 bridgehead atoms. The van der Waals surface area contributed by atoms with E-state index in [4.69, 9.17) is 0 Å². The van der Waals surface area contributed by atoms with E-state index in [1.54, 1.807) is 0 Å². The van der Waals surface area contributed by atoms with Crippen LogP contribution in [0.15, 0.2) is 36.0 Å². The summed E-state index contributed by atoms with van der Waals surface area (Å²) >= 11 is 0. The Labute approximate surface area is 92.8 Å². The fourth-order valence-corrected chi connectivity index (χ4v) is 2.20. The second-order valence-electron chi connectivity index (χ2n) is 4.79. The SMILES string of the molecule is C[Si](C)(C)C=CCc1ccccc1C=O. The normalized spacial score (nSPS) is 11.9. The monoisotopic (exact) mass is 218 g/mol. The van der Waals surface area contributed by atoms with E-state index < -0.39 is 8.07 Å². The number of allylic oxidation sites excluding steroid dienone is 1. The molecule has 0 atom stereocenters. The zero-order valence-corrected chi connectivity index (χ0v) is 10.7. The maximum Gasteiger partial charge on any atom is 0.150 e. The van der Waals surface area contributed by atoms with E-state index in [1.807, 2.05) is 24.3 Å². The minimum Gasteiger partial charge on any atom is -0.298 e. The molecule has 0 aromatic heterocycles. The molecular weight excluding hydrogens is 200 g/mol. The Kier molecular flexibility index (Phi) is 4.03. The highest BCUT2D eigenvalue weighted by atomic mass is 28.3. The maximum atomic E-state index is 10.8. The first-order chi connectivity index (χ1) is 7.03. The van der Waals surface area contributed by atoms with Crippen LogP contribution < -0.4 is 0 Å². The van der Waals surface area contributed by atoms with Crippen molar-refractivity contribution in [2.45, 2.75) is 26.1 Å². The molecule has 1 nitrogen and oxygen atoms in total. The third kappa shape index (κ3) is 4.26. The van der Waals surface area contributed by atoms with Crippen molar-refractivity contribution in [2.75, 3.05) is 0 Å². The average Bonchev–Trinajstić information content (AvgIpc) is 2.16. The summed E-state index contributed by atoms with van der Waals surface area (Å²) < 4.78 is 0. The molecule has 0 saturated heterocycles. The Morgan fingerprint density at radius 2 is 1.87 bits per heavy atom. The molecule has 0 aliphatic heterocycles. The zero-order chi connectivity index (χ0) is 11.3. The van der Waals surface area contributed by atoms with E-state index in [-0.39, 0.29) is 0 Å². The first-order valence-corrected chi connectivity index (χ1v) is 8.81. The minimum atomic E-state index is -1.11. The molecule has 0 spiro atoms. The van der Waals surface area contributed by atoms with Crippen LogP contribution in [0.5, 0.6) is 0 Å². The molecule has 0 aliphatic carbocycles. The third-order valence-electron chi connectivity index (χ3n) is 2.14. The molecule has 1 rings (SSSR count). The maximum absolute atomic E-state index is 10.8. The van der Waals surface area contributed by atoms with Crippen LogP contribution in [0.25, 0.3) is 0 Å². The van der Waals surface area contributed by atoms with Crippen LogP contribution >= 0.6 is 0 Å². The lowest BCUT2D eigenvalue weighted by Crippen LogP contribution is -2.15. The summed E-state index contributed by atoms with van der Waals surface area (Å²) in [6.45, 7) is 6.90.